The number of nitrogens with zero attached hydrogens (tertiary/aromatic N) is 2. The SMILES string of the molecule is Cc1ccc(S(=O)(=O)N(CC(=O)N(Cc2ccccc2C)C(C)C(=O)NC2CCCCC2)c2cc(Cl)cc(Cl)c2)cc1. The molecule has 1 N–H and O–H groups in total. The molecule has 1 aliphatic rings. The third-order valence-electron chi connectivity index (χ3n) is 7.74. The van der Waals surface area contributed by atoms with Crippen molar-refractivity contribution < 1.29 is 18.0 Å². The molecule has 1 aliphatic carbocycles. The largest absolute Gasteiger partial charge is 0.352 e. The highest BCUT2D eigenvalue weighted by Gasteiger charge is 2.33. The van der Waals surface area contributed by atoms with Crippen LogP contribution in [0.4, 0.5) is 5.69 Å². The van der Waals surface area contributed by atoms with Crippen LogP contribution >= 0.6 is 23.2 Å². The van der Waals surface area contributed by atoms with Crippen LogP contribution in [-0.4, -0.2) is 43.8 Å². The first-order chi connectivity index (χ1) is 20.0. The van der Waals surface area contributed by atoms with Crippen molar-refractivity contribution in [2.24, 2.45) is 0 Å². The predicted molar refractivity (Wildman–Crippen MR) is 168 cm³/mol. The molecule has 0 heterocycles. The molecule has 1 fully saturated rings. The van der Waals surface area contributed by atoms with Gasteiger partial charge < -0.3 is 10.2 Å². The molecule has 1 saturated carbocycles. The van der Waals surface area contributed by atoms with E-state index in [9.17, 15) is 18.0 Å². The number of rotatable bonds is 10. The minimum atomic E-state index is -4.21. The minimum absolute atomic E-state index is 0.0190. The molecule has 0 saturated heterocycles. The summed E-state index contributed by atoms with van der Waals surface area (Å²) < 4.78 is 29.0. The Morgan fingerprint density at radius 3 is 2.17 bits per heavy atom. The number of anilines is 1. The van der Waals surface area contributed by atoms with Crippen molar-refractivity contribution >= 4 is 50.7 Å². The van der Waals surface area contributed by atoms with Crippen LogP contribution in [0.1, 0.15) is 55.7 Å². The molecule has 10 heteroatoms. The fourth-order valence-corrected chi connectivity index (χ4v) is 7.08. The predicted octanol–water partition coefficient (Wildman–Crippen LogP) is 6.67. The molecule has 0 bridgehead atoms. The van der Waals surface area contributed by atoms with Crippen molar-refractivity contribution in [3.63, 3.8) is 0 Å². The summed E-state index contributed by atoms with van der Waals surface area (Å²) >= 11 is 12.5. The molecular weight excluding hydrogens is 593 g/mol. The van der Waals surface area contributed by atoms with E-state index in [1.165, 1.54) is 35.2 Å². The number of nitrogens with one attached hydrogen (secondary N) is 1. The summed E-state index contributed by atoms with van der Waals surface area (Å²) in [7, 11) is -4.21. The molecule has 2 amide bonds. The van der Waals surface area contributed by atoms with Crippen molar-refractivity contribution in [1.29, 1.82) is 0 Å². The van der Waals surface area contributed by atoms with E-state index < -0.39 is 28.5 Å². The summed E-state index contributed by atoms with van der Waals surface area (Å²) in [6.45, 7) is 5.06. The van der Waals surface area contributed by atoms with Crippen LogP contribution in [0, 0.1) is 13.8 Å². The normalized spacial score (nSPS) is 14.7. The maximum Gasteiger partial charge on any atom is 0.264 e. The number of benzene rings is 3. The van der Waals surface area contributed by atoms with E-state index >= 15 is 0 Å². The molecule has 0 spiro atoms. The second-order valence-corrected chi connectivity index (χ2v) is 13.7. The van der Waals surface area contributed by atoms with Gasteiger partial charge in [-0.2, -0.15) is 0 Å². The first-order valence-electron chi connectivity index (χ1n) is 14.2. The average Bonchev–Trinajstić information content (AvgIpc) is 2.95. The van der Waals surface area contributed by atoms with Crippen LogP contribution in [0.25, 0.3) is 0 Å². The maximum atomic E-state index is 14.2. The lowest BCUT2D eigenvalue weighted by Gasteiger charge is -2.33. The van der Waals surface area contributed by atoms with Crippen LogP contribution in [-0.2, 0) is 26.2 Å². The second-order valence-electron chi connectivity index (χ2n) is 10.9. The van der Waals surface area contributed by atoms with Gasteiger partial charge in [-0.15, -0.1) is 0 Å². The summed E-state index contributed by atoms with van der Waals surface area (Å²) in [4.78, 5) is 29.1. The van der Waals surface area contributed by atoms with Crippen LogP contribution in [0.15, 0.2) is 71.6 Å². The Bertz CT molecular complexity index is 1500. The van der Waals surface area contributed by atoms with Crippen LogP contribution in [0.2, 0.25) is 10.0 Å². The van der Waals surface area contributed by atoms with Gasteiger partial charge in [-0.05, 0) is 75.1 Å². The Labute approximate surface area is 258 Å². The third kappa shape index (κ3) is 7.85. The Kier molecular flexibility index (Phi) is 10.6. The van der Waals surface area contributed by atoms with Gasteiger partial charge in [-0.3, -0.25) is 13.9 Å². The Morgan fingerprint density at radius 2 is 1.55 bits per heavy atom. The summed E-state index contributed by atoms with van der Waals surface area (Å²) in [5.74, 6) is -0.793. The van der Waals surface area contributed by atoms with Crippen molar-refractivity contribution in [3.8, 4) is 0 Å². The van der Waals surface area contributed by atoms with Crippen LogP contribution in [0.3, 0.4) is 0 Å². The number of sulfonamides is 1. The number of carbonyl (C=O) groups excluding carboxylic acids is 2. The number of halogens is 2. The number of hydrogen-bond acceptors (Lipinski definition) is 4. The second kappa shape index (κ2) is 13.9. The fraction of sp³-hybridized carbons (Fsp3) is 0.375. The summed E-state index contributed by atoms with van der Waals surface area (Å²) in [6.07, 6.45) is 5.07. The zero-order valence-electron chi connectivity index (χ0n) is 24.1. The van der Waals surface area contributed by atoms with Gasteiger partial charge in [-0.1, -0.05) is 84.4 Å². The quantitative estimate of drug-likeness (QED) is 0.271. The molecule has 1 atom stereocenters. The average molecular weight is 631 g/mol. The van der Waals surface area contributed by atoms with Gasteiger partial charge in [0, 0.05) is 22.6 Å². The highest BCUT2D eigenvalue weighted by Crippen LogP contribution is 2.30. The maximum absolute atomic E-state index is 14.2. The van der Waals surface area contributed by atoms with Gasteiger partial charge in [0.1, 0.15) is 12.6 Å². The Balaban J connectivity index is 1.71. The van der Waals surface area contributed by atoms with Gasteiger partial charge in [0.05, 0.1) is 10.6 Å². The van der Waals surface area contributed by atoms with Crippen LogP contribution < -0.4 is 9.62 Å². The van der Waals surface area contributed by atoms with E-state index in [0.717, 1.165) is 53.1 Å². The van der Waals surface area contributed by atoms with Crippen molar-refractivity contribution in [3.05, 3.63) is 93.5 Å². The van der Waals surface area contributed by atoms with Gasteiger partial charge in [-0.25, -0.2) is 8.42 Å². The molecule has 1 unspecified atom stereocenters. The fourth-order valence-electron chi connectivity index (χ4n) is 5.17. The number of carbonyl (C=O) groups is 2. The minimum Gasteiger partial charge on any atom is -0.352 e. The van der Waals surface area contributed by atoms with E-state index in [-0.39, 0.29) is 39.1 Å². The lowest BCUT2D eigenvalue weighted by atomic mass is 9.95. The van der Waals surface area contributed by atoms with Gasteiger partial charge in [0.2, 0.25) is 11.8 Å². The highest BCUT2D eigenvalue weighted by molar-refractivity contribution is 7.92. The smallest absolute Gasteiger partial charge is 0.264 e. The zero-order chi connectivity index (χ0) is 30.4. The monoisotopic (exact) mass is 629 g/mol. The van der Waals surface area contributed by atoms with E-state index in [1.54, 1.807) is 19.1 Å². The molecular formula is C32H37Cl2N3O4S. The van der Waals surface area contributed by atoms with E-state index in [2.05, 4.69) is 5.32 Å². The summed E-state index contributed by atoms with van der Waals surface area (Å²) in [5.41, 5.74) is 2.86. The van der Waals surface area contributed by atoms with Crippen LogP contribution in [0.5, 0.6) is 0 Å². The number of amides is 2. The van der Waals surface area contributed by atoms with Crippen molar-refractivity contribution in [2.75, 3.05) is 10.8 Å². The topological polar surface area (TPSA) is 86.8 Å². The molecule has 0 aromatic heterocycles. The first-order valence-corrected chi connectivity index (χ1v) is 16.3. The molecule has 4 rings (SSSR count). The lowest BCUT2D eigenvalue weighted by Crippen LogP contribution is -2.53. The third-order valence-corrected chi connectivity index (χ3v) is 9.97. The molecule has 0 aliphatic heterocycles. The van der Waals surface area contributed by atoms with Crippen molar-refractivity contribution in [1.82, 2.24) is 10.2 Å². The van der Waals surface area contributed by atoms with E-state index in [1.807, 2.05) is 38.1 Å². The Morgan fingerprint density at radius 1 is 0.929 bits per heavy atom. The molecule has 42 heavy (non-hydrogen) atoms. The molecule has 3 aromatic carbocycles. The lowest BCUT2D eigenvalue weighted by molar-refractivity contribution is -0.139. The van der Waals surface area contributed by atoms with Gasteiger partial charge >= 0.3 is 0 Å². The van der Waals surface area contributed by atoms with Gasteiger partial charge in [0.25, 0.3) is 10.0 Å². The highest BCUT2D eigenvalue weighted by atomic mass is 35.5. The van der Waals surface area contributed by atoms with E-state index in [4.69, 9.17) is 23.2 Å². The zero-order valence-corrected chi connectivity index (χ0v) is 26.5. The molecule has 7 nitrogen and oxygen atoms in total. The molecule has 0 radical (unpaired) electrons. The molecule has 3 aromatic rings. The summed E-state index contributed by atoms with van der Waals surface area (Å²) in [5, 5.41) is 3.57. The van der Waals surface area contributed by atoms with E-state index in [0.29, 0.717) is 0 Å². The number of hydrogen-bond donors (Lipinski definition) is 1. The molecule has 224 valence electrons. The number of aryl methyl sites for hydroxylation is 2. The Hall–Kier alpha value is -3.07. The van der Waals surface area contributed by atoms with Crippen molar-refractivity contribution in [2.45, 2.75) is 76.4 Å². The first kappa shape index (κ1) is 31.9. The standard InChI is InChI=1S/C32H37Cl2N3O4S/c1-22-13-15-30(16-14-22)42(40,41)37(29-18-26(33)17-27(34)19-29)21-31(38)36(20-25-10-8-7-9-23(25)2)24(3)32(39)35-28-11-5-4-6-12-28/h7-10,13-19,24,28H,4-6,11-12,20-21H2,1-3H3,(H,35,39). The van der Waals surface area contributed by atoms with Gasteiger partial charge in [0.15, 0.2) is 0 Å². The summed E-state index contributed by atoms with van der Waals surface area (Å²) in [6, 6.07) is 17.6.